The number of amides is 1. The van der Waals surface area contributed by atoms with Crippen molar-refractivity contribution in [1.29, 1.82) is 0 Å². The molecule has 0 aliphatic carbocycles. The summed E-state index contributed by atoms with van der Waals surface area (Å²) in [6.45, 7) is 8.30. The van der Waals surface area contributed by atoms with Crippen LogP contribution in [0.4, 0.5) is 0 Å². The molecule has 0 bridgehead atoms. The molecule has 2 aromatic heterocycles. The van der Waals surface area contributed by atoms with E-state index in [1.807, 2.05) is 37.3 Å². The number of hydrogen-bond acceptors (Lipinski definition) is 6. The molecule has 0 saturated carbocycles. The highest BCUT2D eigenvalue weighted by atomic mass is 32.2. The maximum atomic E-state index is 12.6. The van der Waals surface area contributed by atoms with Crippen LogP contribution in [0.3, 0.4) is 0 Å². The van der Waals surface area contributed by atoms with E-state index in [1.165, 1.54) is 5.56 Å². The molecule has 1 aliphatic heterocycles. The van der Waals surface area contributed by atoms with Crippen LogP contribution in [0.15, 0.2) is 29.7 Å². The van der Waals surface area contributed by atoms with Crippen LogP contribution in [-0.4, -0.2) is 63.1 Å². The van der Waals surface area contributed by atoms with E-state index in [2.05, 4.69) is 25.9 Å². The van der Waals surface area contributed by atoms with Crippen molar-refractivity contribution in [1.82, 2.24) is 24.8 Å². The molecular formula is C20H27N5OS. The van der Waals surface area contributed by atoms with E-state index in [1.54, 1.807) is 18.0 Å². The summed E-state index contributed by atoms with van der Waals surface area (Å²) >= 11 is 1.55. The number of hydrogen-bond donors (Lipinski definition) is 0. The Bertz CT molecular complexity index is 752. The Balaban J connectivity index is 1.49. The van der Waals surface area contributed by atoms with Crippen LogP contribution < -0.4 is 0 Å². The van der Waals surface area contributed by atoms with Crippen LogP contribution in [-0.2, 0) is 17.8 Å². The van der Waals surface area contributed by atoms with Crippen molar-refractivity contribution in [2.75, 3.05) is 32.4 Å². The van der Waals surface area contributed by atoms with Gasteiger partial charge < -0.3 is 4.90 Å². The smallest absolute Gasteiger partial charge is 0.222 e. The van der Waals surface area contributed by atoms with E-state index in [0.29, 0.717) is 12.8 Å². The van der Waals surface area contributed by atoms with Gasteiger partial charge in [0.1, 0.15) is 0 Å². The summed E-state index contributed by atoms with van der Waals surface area (Å²) in [4.78, 5) is 30.2. The molecule has 0 N–H and O–H groups in total. The van der Waals surface area contributed by atoms with Gasteiger partial charge in [-0.25, -0.2) is 9.97 Å². The highest BCUT2D eigenvalue weighted by Crippen LogP contribution is 2.18. The summed E-state index contributed by atoms with van der Waals surface area (Å²) in [7, 11) is 0. The van der Waals surface area contributed by atoms with Crippen LogP contribution in [0.5, 0.6) is 0 Å². The van der Waals surface area contributed by atoms with Crippen molar-refractivity contribution in [2.24, 2.45) is 0 Å². The van der Waals surface area contributed by atoms with E-state index in [-0.39, 0.29) is 5.91 Å². The molecule has 1 aliphatic rings. The molecule has 0 unspecified atom stereocenters. The van der Waals surface area contributed by atoms with Gasteiger partial charge in [0.2, 0.25) is 5.91 Å². The fourth-order valence-electron chi connectivity index (χ4n) is 3.46. The number of carbonyl (C=O) groups excluding carboxylic acids is 1. The van der Waals surface area contributed by atoms with Gasteiger partial charge in [-0.1, -0.05) is 17.8 Å². The summed E-state index contributed by atoms with van der Waals surface area (Å²) in [6.07, 6.45) is 6.91. The Morgan fingerprint density at radius 1 is 1.15 bits per heavy atom. The molecule has 1 fully saturated rings. The molecule has 1 saturated heterocycles. The topological polar surface area (TPSA) is 62.2 Å². The molecule has 2 aromatic rings. The lowest BCUT2D eigenvalue weighted by Gasteiger charge is -2.34. The summed E-state index contributed by atoms with van der Waals surface area (Å²) in [5.74, 6) is 0.226. The SMILES string of the molecule is CSc1nc(C)c(CCC(=O)N2CCN(Cc3cccnc3)CC2)c(C)n1. The van der Waals surface area contributed by atoms with Crippen LogP contribution >= 0.6 is 11.8 Å². The average Bonchev–Trinajstić information content (AvgIpc) is 2.68. The lowest BCUT2D eigenvalue weighted by atomic mass is 10.1. The Morgan fingerprint density at radius 3 is 2.44 bits per heavy atom. The molecule has 0 atom stereocenters. The minimum atomic E-state index is 0.226. The van der Waals surface area contributed by atoms with Gasteiger partial charge in [0.25, 0.3) is 0 Å². The number of rotatable bonds is 6. The third kappa shape index (κ3) is 5.26. The first kappa shape index (κ1) is 19.8. The maximum absolute atomic E-state index is 12.6. The highest BCUT2D eigenvalue weighted by molar-refractivity contribution is 7.98. The Kier molecular flexibility index (Phi) is 6.79. The van der Waals surface area contributed by atoms with Crippen LogP contribution in [0.25, 0.3) is 0 Å². The molecule has 7 heteroatoms. The first-order valence-electron chi connectivity index (χ1n) is 9.34. The predicted octanol–water partition coefficient (Wildman–Crippen LogP) is 2.49. The number of aromatic nitrogens is 3. The van der Waals surface area contributed by atoms with E-state index >= 15 is 0 Å². The van der Waals surface area contributed by atoms with Crippen molar-refractivity contribution in [3.8, 4) is 0 Å². The van der Waals surface area contributed by atoms with E-state index in [0.717, 1.165) is 54.8 Å². The Morgan fingerprint density at radius 2 is 1.85 bits per heavy atom. The minimum Gasteiger partial charge on any atom is -0.340 e. The van der Waals surface area contributed by atoms with E-state index < -0.39 is 0 Å². The predicted molar refractivity (Wildman–Crippen MR) is 108 cm³/mol. The van der Waals surface area contributed by atoms with Gasteiger partial charge in [-0.05, 0) is 43.7 Å². The molecule has 0 spiro atoms. The highest BCUT2D eigenvalue weighted by Gasteiger charge is 2.21. The van der Waals surface area contributed by atoms with Gasteiger partial charge in [-0.2, -0.15) is 0 Å². The zero-order valence-electron chi connectivity index (χ0n) is 16.3. The molecule has 27 heavy (non-hydrogen) atoms. The molecule has 0 radical (unpaired) electrons. The molecule has 0 aromatic carbocycles. The van der Waals surface area contributed by atoms with Gasteiger partial charge in [-0.3, -0.25) is 14.7 Å². The molecule has 1 amide bonds. The number of carbonyl (C=O) groups is 1. The van der Waals surface area contributed by atoms with Crippen molar-refractivity contribution in [3.63, 3.8) is 0 Å². The third-order valence-corrected chi connectivity index (χ3v) is 5.57. The molecule has 144 valence electrons. The lowest BCUT2D eigenvalue weighted by Crippen LogP contribution is -2.48. The van der Waals surface area contributed by atoms with Crippen LogP contribution in [0, 0.1) is 13.8 Å². The van der Waals surface area contributed by atoms with Crippen molar-refractivity contribution < 1.29 is 4.79 Å². The van der Waals surface area contributed by atoms with Crippen molar-refractivity contribution in [3.05, 3.63) is 47.0 Å². The zero-order chi connectivity index (χ0) is 19.2. The number of piperazine rings is 1. The molecule has 3 rings (SSSR count). The van der Waals surface area contributed by atoms with E-state index in [9.17, 15) is 4.79 Å². The number of pyridine rings is 1. The van der Waals surface area contributed by atoms with Crippen LogP contribution in [0.1, 0.15) is 28.9 Å². The Labute approximate surface area is 165 Å². The fourth-order valence-corrected chi connectivity index (χ4v) is 3.91. The van der Waals surface area contributed by atoms with Gasteiger partial charge >= 0.3 is 0 Å². The lowest BCUT2D eigenvalue weighted by molar-refractivity contribution is -0.133. The standard InChI is InChI=1S/C20H27N5OS/c1-15-18(16(2)23-20(22-15)27-3)6-7-19(26)25-11-9-24(10-12-25)14-17-5-4-8-21-13-17/h4-5,8,13H,6-7,9-12,14H2,1-3H3. The summed E-state index contributed by atoms with van der Waals surface area (Å²) < 4.78 is 0. The van der Waals surface area contributed by atoms with Crippen molar-refractivity contribution >= 4 is 17.7 Å². The van der Waals surface area contributed by atoms with Crippen LogP contribution in [0.2, 0.25) is 0 Å². The van der Waals surface area contributed by atoms with Gasteiger partial charge in [-0.15, -0.1) is 0 Å². The first-order chi connectivity index (χ1) is 13.1. The quantitative estimate of drug-likeness (QED) is 0.562. The second-order valence-electron chi connectivity index (χ2n) is 6.88. The first-order valence-corrected chi connectivity index (χ1v) is 10.6. The Hall–Kier alpha value is -1.99. The number of aryl methyl sites for hydroxylation is 2. The van der Waals surface area contributed by atoms with E-state index in [4.69, 9.17) is 0 Å². The maximum Gasteiger partial charge on any atom is 0.222 e. The largest absolute Gasteiger partial charge is 0.340 e. The number of nitrogens with zero attached hydrogens (tertiary/aromatic N) is 5. The van der Waals surface area contributed by atoms with Gasteiger partial charge in [0.15, 0.2) is 5.16 Å². The summed E-state index contributed by atoms with van der Waals surface area (Å²) in [5.41, 5.74) is 4.30. The third-order valence-electron chi connectivity index (χ3n) is 5.03. The summed E-state index contributed by atoms with van der Waals surface area (Å²) in [6, 6.07) is 4.06. The molecule has 3 heterocycles. The average molecular weight is 386 g/mol. The normalized spacial score (nSPS) is 15.1. The monoisotopic (exact) mass is 385 g/mol. The summed E-state index contributed by atoms with van der Waals surface area (Å²) in [5, 5.41) is 0.796. The second kappa shape index (κ2) is 9.28. The fraction of sp³-hybridized carbons (Fsp3) is 0.500. The van der Waals surface area contributed by atoms with Gasteiger partial charge in [0.05, 0.1) is 0 Å². The minimum absolute atomic E-state index is 0.226. The van der Waals surface area contributed by atoms with Gasteiger partial charge in [0, 0.05) is 62.9 Å². The van der Waals surface area contributed by atoms with Crippen molar-refractivity contribution in [2.45, 2.75) is 38.4 Å². The number of thioether (sulfide) groups is 1. The zero-order valence-corrected chi connectivity index (χ0v) is 17.1. The second-order valence-corrected chi connectivity index (χ2v) is 7.65. The molecular weight excluding hydrogens is 358 g/mol. The molecule has 6 nitrogen and oxygen atoms in total.